The Morgan fingerprint density at radius 2 is 1.95 bits per heavy atom. The van der Waals surface area contributed by atoms with E-state index in [9.17, 15) is 4.79 Å². The minimum atomic E-state index is -0.309. The van der Waals surface area contributed by atoms with Crippen LogP contribution in [0, 0.1) is 0 Å². The summed E-state index contributed by atoms with van der Waals surface area (Å²) in [5.74, 6) is 0.223. The number of amides is 1. The highest BCUT2D eigenvalue weighted by molar-refractivity contribution is 6.30. The molecule has 0 atom stereocenters. The van der Waals surface area contributed by atoms with Crippen molar-refractivity contribution in [1.82, 2.24) is 4.90 Å². The summed E-state index contributed by atoms with van der Waals surface area (Å²) in [5, 5.41) is 0.710. The fraction of sp³-hybridized carbons (Fsp3) is 0.438. The van der Waals surface area contributed by atoms with Gasteiger partial charge in [-0.3, -0.25) is 4.79 Å². The zero-order chi connectivity index (χ0) is 14.0. The number of carbonyl (C=O) groups excluding carboxylic acids is 1. The quantitative estimate of drug-likeness (QED) is 0.750. The molecular weight excluding hydrogens is 258 g/mol. The highest BCUT2D eigenvalue weighted by Crippen LogP contribution is 2.49. The Morgan fingerprint density at radius 3 is 2.37 bits per heavy atom. The summed E-state index contributed by atoms with van der Waals surface area (Å²) in [6, 6.07) is 7.67. The molecule has 1 saturated carbocycles. The Kier molecular flexibility index (Phi) is 4.00. The van der Waals surface area contributed by atoms with Crippen LogP contribution in [-0.4, -0.2) is 23.9 Å². The van der Waals surface area contributed by atoms with E-state index >= 15 is 0 Å². The molecule has 1 aromatic rings. The minimum absolute atomic E-state index is 0.223. The lowest BCUT2D eigenvalue weighted by molar-refractivity contribution is -0.133. The monoisotopic (exact) mass is 277 g/mol. The first-order valence-corrected chi connectivity index (χ1v) is 7.07. The van der Waals surface area contributed by atoms with E-state index < -0.39 is 0 Å². The number of benzene rings is 1. The van der Waals surface area contributed by atoms with E-state index in [4.69, 9.17) is 11.6 Å². The third-order valence-corrected chi connectivity index (χ3v) is 3.94. The second-order valence-corrected chi connectivity index (χ2v) is 5.80. The maximum absolute atomic E-state index is 12.7. The van der Waals surface area contributed by atoms with E-state index in [2.05, 4.69) is 6.58 Å². The SMILES string of the molecule is C=C(C)CN(CC)C(=O)C1(c2ccc(Cl)cc2)CC1. The Morgan fingerprint density at radius 1 is 1.37 bits per heavy atom. The van der Waals surface area contributed by atoms with Gasteiger partial charge in [0.2, 0.25) is 5.91 Å². The van der Waals surface area contributed by atoms with E-state index in [1.165, 1.54) is 0 Å². The van der Waals surface area contributed by atoms with Gasteiger partial charge in [0, 0.05) is 18.1 Å². The van der Waals surface area contributed by atoms with Gasteiger partial charge in [0.05, 0.1) is 5.41 Å². The molecule has 0 heterocycles. The largest absolute Gasteiger partial charge is 0.338 e. The van der Waals surface area contributed by atoms with Crippen molar-refractivity contribution >= 4 is 17.5 Å². The van der Waals surface area contributed by atoms with E-state index in [0.29, 0.717) is 11.6 Å². The van der Waals surface area contributed by atoms with Crippen molar-refractivity contribution in [2.45, 2.75) is 32.1 Å². The molecule has 102 valence electrons. The van der Waals surface area contributed by atoms with Gasteiger partial charge >= 0.3 is 0 Å². The van der Waals surface area contributed by atoms with Gasteiger partial charge in [-0.25, -0.2) is 0 Å². The molecule has 1 amide bonds. The second kappa shape index (κ2) is 5.38. The number of hydrogen-bond donors (Lipinski definition) is 0. The van der Waals surface area contributed by atoms with Crippen LogP contribution in [-0.2, 0) is 10.2 Å². The first-order chi connectivity index (χ1) is 8.99. The molecule has 2 nitrogen and oxygen atoms in total. The van der Waals surface area contributed by atoms with Crippen molar-refractivity contribution in [3.63, 3.8) is 0 Å². The van der Waals surface area contributed by atoms with E-state index in [-0.39, 0.29) is 11.3 Å². The van der Waals surface area contributed by atoms with Gasteiger partial charge in [-0.15, -0.1) is 0 Å². The zero-order valence-electron chi connectivity index (χ0n) is 11.6. The van der Waals surface area contributed by atoms with Crippen LogP contribution in [0.1, 0.15) is 32.3 Å². The van der Waals surface area contributed by atoms with Crippen LogP contribution in [0.4, 0.5) is 0 Å². The number of halogens is 1. The van der Waals surface area contributed by atoms with Crippen molar-refractivity contribution in [2.75, 3.05) is 13.1 Å². The summed E-state index contributed by atoms with van der Waals surface area (Å²) >= 11 is 5.91. The molecule has 1 fully saturated rings. The van der Waals surface area contributed by atoms with E-state index in [0.717, 1.165) is 30.5 Å². The van der Waals surface area contributed by atoms with E-state index in [1.807, 2.05) is 43.0 Å². The number of rotatable bonds is 5. The molecule has 0 aromatic heterocycles. The average molecular weight is 278 g/mol. The van der Waals surface area contributed by atoms with Crippen LogP contribution >= 0.6 is 11.6 Å². The Bertz CT molecular complexity index is 488. The average Bonchev–Trinajstić information content (AvgIpc) is 3.17. The molecule has 1 aromatic carbocycles. The van der Waals surface area contributed by atoms with Crippen LogP contribution in [0.15, 0.2) is 36.4 Å². The van der Waals surface area contributed by atoms with Crippen LogP contribution in [0.2, 0.25) is 5.02 Å². The Labute approximate surface area is 120 Å². The summed E-state index contributed by atoms with van der Waals surface area (Å²) in [6.45, 7) is 9.24. The number of hydrogen-bond acceptors (Lipinski definition) is 1. The van der Waals surface area contributed by atoms with Crippen LogP contribution in [0.3, 0.4) is 0 Å². The third kappa shape index (κ3) is 2.84. The third-order valence-electron chi connectivity index (χ3n) is 3.69. The molecule has 1 aliphatic carbocycles. The normalized spacial score (nSPS) is 15.9. The number of carbonyl (C=O) groups is 1. The molecule has 0 spiro atoms. The first-order valence-electron chi connectivity index (χ1n) is 6.69. The fourth-order valence-electron chi connectivity index (χ4n) is 2.48. The van der Waals surface area contributed by atoms with Gasteiger partial charge in [-0.05, 0) is 44.4 Å². The van der Waals surface area contributed by atoms with Crippen molar-refractivity contribution in [2.24, 2.45) is 0 Å². The summed E-state index contributed by atoms with van der Waals surface area (Å²) < 4.78 is 0. The van der Waals surface area contributed by atoms with Crippen LogP contribution in [0.25, 0.3) is 0 Å². The fourth-order valence-corrected chi connectivity index (χ4v) is 2.60. The molecule has 0 radical (unpaired) electrons. The maximum atomic E-state index is 12.7. The van der Waals surface area contributed by atoms with E-state index in [1.54, 1.807) is 0 Å². The first kappa shape index (κ1) is 14.1. The van der Waals surface area contributed by atoms with Gasteiger partial charge in [0.1, 0.15) is 0 Å². The Balaban J connectivity index is 2.22. The molecule has 1 aliphatic rings. The van der Waals surface area contributed by atoms with Gasteiger partial charge in [-0.1, -0.05) is 35.9 Å². The van der Waals surface area contributed by atoms with Crippen molar-refractivity contribution in [1.29, 1.82) is 0 Å². The van der Waals surface area contributed by atoms with Crippen LogP contribution < -0.4 is 0 Å². The summed E-state index contributed by atoms with van der Waals surface area (Å²) in [6.07, 6.45) is 1.86. The van der Waals surface area contributed by atoms with Gasteiger partial charge < -0.3 is 4.90 Å². The topological polar surface area (TPSA) is 20.3 Å². The highest BCUT2D eigenvalue weighted by atomic mass is 35.5. The zero-order valence-corrected chi connectivity index (χ0v) is 12.3. The van der Waals surface area contributed by atoms with Crippen molar-refractivity contribution in [3.8, 4) is 0 Å². The maximum Gasteiger partial charge on any atom is 0.233 e. The van der Waals surface area contributed by atoms with Crippen LogP contribution in [0.5, 0.6) is 0 Å². The standard InChI is InChI=1S/C16H20ClNO/c1-4-18(11-12(2)3)15(19)16(9-10-16)13-5-7-14(17)8-6-13/h5-8H,2,4,9-11H2,1,3H3. The molecule has 0 bridgehead atoms. The predicted molar refractivity (Wildman–Crippen MR) is 79.4 cm³/mol. The van der Waals surface area contributed by atoms with Gasteiger partial charge in [-0.2, -0.15) is 0 Å². The number of nitrogens with zero attached hydrogens (tertiary/aromatic N) is 1. The smallest absolute Gasteiger partial charge is 0.233 e. The molecule has 0 unspecified atom stereocenters. The lowest BCUT2D eigenvalue weighted by Crippen LogP contribution is -2.40. The lowest BCUT2D eigenvalue weighted by Gasteiger charge is -2.26. The summed E-state index contributed by atoms with van der Waals surface area (Å²) in [4.78, 5) is 14.6. The summed E-state index contributed by atoms with van der Waals surface area (Å²) in [5.41, 5.74) is 1.79. The van der Waals surface area contributed by atoms with Gasteiger partial charge in [0.25, 0.3) is 0 Å². The molecular formula is C16H20ClNO. The highest BCUT2D eigenvalue weighted by Gasteiger charge is 2.52. The molecule has 0 N–H and O–H groups in total. The predicted octanol–water partition coefficient (Wildman–Crippen LogP) is 3.80. The van der Waals surface area contributed by atoms with Crippen molar-refractivity contribution < 1.29 is 4.79 Å². The van der Waals surface area contributed by atoms with Crippen molar-refractivity contribution in [3.05, 3.63) is 47.0 Å². The lowest BCUT2D eigenvalue weighted by atomic mass is 9.94. The number of likely N-dealkylation sites (N-methyl/N-ethyl adjacent to an activating group) is 1. The molecule has 0 aliphatic heterocycles. The minimum Gasteiger partial charge on any atom is -0.338 e. The molecule has 0 saturated heterocycles. The molecule has 19 heavy (non-hydrogen) atoms. The van der Waals surface area contributed by atoms with Gasteiger partial charge in [0.15, 0.2) is 0 Å². The molecule has 2 rings (SSSR count). The molecule has 3 heteroatoms. The summed E-state index contributed by atoms with van der Waals surface area (Å²) in [7, 11) is 0. The Hall–Kier alpha value is -1.28. The second-order valence-electron chi connectivity index (χ2n) is 5.37.